The Balaban J connectivity index is 1.33. The van der Waals surface area contributed by atoms with Crippen LogP contribution >= 0.6 is 15.9 Å². The smallest absolute Gasteiger partial charge is 0.274 e. The maximum atomic E-state index is 12.6. The molecule has 35 heavy (non-hydrogen) atoms. The summed E-state index contributed by atoms with van der Waals surface area (Å²) in [6.07, 6.45) is 1.55. The van der Waals surface area contributed by atoms with Gasteiger partial charge in [-0.2, -0.15) is 0 Å². The topological polar surface area (TPSA) is 81.1 Å². The third-order valence-electron chi connectivity index (χ3n) is 5.46. The fourth-order valence-corrected chi connectivity index (χ4v) is 3.85. The van der Waals surface area contributed by atoms with E-state index in [1.165, 1.54) is 0 Å². The lowest BCUT2D eigenvalue weighted by atomic mass is 10.2. The highest BCUT2D eigenvalue weighted by Gasteiger charge is 2.12. The van der Waals surface area contributed by atoms with Gasteiger partial charge in [-0.25, -0.2) is 4.98 Å². The van der Waals surface area contributed by atoms with E-state index in [1.807, 2.05) is 85.3 Å². The van der Waals surface area contributed by atoms with Crippen LogP contribution in [-0.2, 0) is 7.05 Å². The minimum Gasteiger partial charge on any atom is -0.457 e. The summed E-state index contributed by atoms with van der Waals surface area (Å²) in [7, 11) is 1.96. The second-order valence-electron chi connectivity index (χ2n) is 8.08. The molecule has 5 aromatic rings. The minimum atomic E-state index is -0.303. The molecule has 0 saturated heterocycles. The summed E-state index contributed by atoms with van der Waals surface area (Å²) in [5.74, 6) is 1.54. The number of nitrogens with zero attached hydrogens (tertiary/aromatic N) is 3. The van der Waals surface area contributed by atoms with Gasteiger partial charge in [-0.15, -0.1) is 0 Å². The maximum absolute atomic E-state index is 12.6. The molecule has 0 aliphatic carbocycles. The maximum Gasteiger partial charge on any atom is 0.274 e. The summed E-state index contributed by atoms with van der Waals surface area (Å²) in [4.78, 5) is 21.5. The molecular weight excluding hydrogens is 506 g/mol. The van der Waals surface area contributed by atoms with Crippen molar-refractivity contribution >= 4 is 50.2 Å². The third kappa shape index (κ3) is 5.17. The van der Waals surface area contributed by atoms with Crippen molar-refractivity contribution in [1.82, 2.24) is 14.5 Å². The first-order chi connectivity index (χ1) is 16.9. The zero-order valence-electron chi connectivity index (χ0n) is 19.1. The predicted molar refractivity (Wildman–Crippen MR) is 142 cm³/mol. The molecule has 0 spiro atoms. The number of amides is 1. The Kier molecular flexibility index (Phi) is 6.20. The van der Waals surface area contributed by atoms with Gasteiger partial charge in [-0.1, -0.05) is 33.6 Å². The molecule has 3 aromatic carbocycles. The highest BCUT2D eigenvalue weighted by atomic mass is 79.9. The largest absolute Gasteiger partial charge is 0.457 e. The fraction of sp³-hybridized carbons (Fsp3) is 0.0741. The van der Waals surface area contributed by atoms with Crippen LogP contribution < -0.4 is 15.4 Å². The highest BCUT2D eigenvalue weighted by molar-refractivity contribution is 9.10. The van der Waals surface area contributed by atoms with E-state index in [4.69, 9.17) is 9.72 Å². The van der Waals surface area contributed by atoms with Gasteiger partial charge in [0.2, 0.25) is 5.95 Å². The van der Waals surface area contributed by atoms with Gasteiger partial charge in [0.05, 0.1) is 11.0 Å². The molecule has 2 aromatic heterocycles. The minimum absolute atomic E-state index is 0.267. The van der Waals surface area contributed by atoms with Crippen LogP contribution in [0.3, 0.4) is 0 Å². The summed E-state index contributed by atoms with van der Waals surface area (Å²) >= 11 is 3.45. The molecule has 5 rings (SSSR count). The van der Waals surface area contributed by atoms with Gasteiger partial charge in [-0.05, 0) is 61.5 Å². The summed E-state index contributed by atoms with van der Waals surface area (Å²) in [6, 6.07) is 24.5. The van der Waals surface area contributed by atoms with Gasteiger partial charge < -0.3 is 19.9 Å². The van der Waals surface area contributed by atoms with Gasteiger partial charge in [0.25, 0.3) is 5.91 Å². The number of hydrogen-bond acceptors (Lipinski definition) is 5. The molecule has 0 saturated carbocycles. The molecule has 8 heteroatoms. The molecule has 2 N–H and O–H groups in total. The zero-order chi connectivity index (χ0) is 24.4. The van der Waals surface area contributed by atoms with Gasteiger partial charge in [-0.3, -0.25) is 9.78 Å². The van der Waals surface area contributed by atoms with Crippen molar-refractivity contribution < 1.29 is 9.53 Å². The number of carbonyl (C=O) groups excluding carboxylic acids is 1. The lowest BCUT2D eigenvalue weighted by Crippen LogP contribution is -2.13. The Morgan fingerprint density at radius 1 is 0.914 bits per heavy atom. The van der Waals surface area contributed by atoms with Crippen molar-refractivity contribution in [3.63, 3.8) is 0 Å². The molecule has 0 aliphatic heterocycles. The van der Waals surface area contributed by atoms with E-state index in [2.05, 4.69) is 31.5 Å². The second kappa shape index (κ2) is 9.60. The number of imidazole rings is 1. The number of aryl methyl sites for hydroxylation is 2. The second-order valence-corrected chi connectivity index (χ2v) is 8.99. The lowest BCUT2D eigenvalue weighted by Gasteiger charge is -2.08. The van der Waals surface area contributed by atoms with Crippen molar-refractivity contribution in [2.75, 3.05) is 10.6 Å². The monoisotopic (exact) mass is 527 g/mol. The van der Waals surface area contributed by atoms with Crippen molar-refractivity contribution in [2.24, 2.45) is 7.05 Å². The Labute approximate surface area is 210 Å². The van der Waals surface area contributed by atoms with Crippen LogP contribution in [0.1, 0.15) is 16.1 Å². The first-order valence-electron chi connectivity index (χ1n) is 11.0. The zero-order valence-corrected chi connectivity index (χ0v) is 20.7. The molecule has 174 valence electrons. The number of carbonyl (C=O) groups is 1. The predicted octanol–water partition coefficient (Wildman–Crippen LogP) is 6.83. The fourth-order valence-electron chi connectivity index (χ4n) is 3.58. The van der Waals surface area contributed by atoms with Crippen LogP contribution in [-0.4, -0.2) is 20.4 Å². The standard InChI is InChI=1S/C27H22BrN5O2/c1-17-3-7-19(8-4-17)30-26(34)24-16-22(13-14-29-24)35-21-11-12-25-23(15-21)32-27(33(25)2)31-20-9-5-18(28)6-10-20/h3-16H,1-2H3,(H,30,34)(H,31,32). The van der Waals surface area contributed by atoms with Gasteiger partial charge >= 0.3 is 0 Å². The average Bonchev–Trinajstić information content (AvgIpc) is 3.16. The molecule has 0 bridgehead atoms. The molecular formula is C27H22BrN5O2. The number of aromatic nitrogens is 3. The Hall–Kier alpha value is -4.17. The van der Waals surface area contributed by atoms with E-state index in [1.54, 1.807) is 18.3 Å². The van der Waals surface area contributed by atoms with E-state index in [0.717, 1.165) is 32.7 Å². The number of ether oxygens (including phenoxy) is 1. The number of fused-ring (bicyclic) bond motifs is 1. The first-order valence-corrected chi connectivity index (χ1v) is 11.7. The number of nitrogens with one attached hydrogen (secondary N) is 2. The van der Waals surface area contributed by atoms with E-state index < -0.39 is 0 Å². The molecule has 2 heterocycles. The Morgan fingerprint density at radius 3 is 2.40 bits per heavy atom. The van der Waals surface area contributed by atoms with Crippen molar-refractivity contribution in [3.8, 4) is 11.5 Å². The van der Waals surface area contributed by atoms with Crippen LogP contribution in [0.15, 0.2) is 89.5 Å². The molecule has 0 unspecified atom stereocenters. The number of halogens is 1. The summed E-state index contributed by atoms with van der Waals surface area (Å²) in [5.41, 5.74) is 4.79. The number of hydrogen-bond donors (Lipinski definition) is 2. The summed E-state index contributed by atoms with van der Waals surface area (Å²) in [6.45, 7) is 2.00. The van der Waals surface area contributed by atoms with Crippen molar-refractivity contribution in [3.05, 3.63) is 101 Å². The normalized spacial score (nSPS) is 10.8. The highest BCUT2D eigenvalue weighted by Crippen LogP contribution is 2.28. The lowest BCUT2D eigenvalue weighted by molar-refractivity contribution is 0.102. The molecule has 0 radical (unpaired) electrons. The van der Waals surface area contributed by atoms with E-state index in [0.29, 0.717) is 17.2 Å². The number of benzene rings is 3. The third-order valence-corrected chi connectivity index (χ3v) is 5.99. The van der Waals surface area contributed by atoms with Crippen LogP contribution in [0, 0.1) is 6.92 Å². The molecule has 7 nitrogen and oxygen atoms in total. The first kappa shape index (κ1) is 22.6. The Bertz CT molecular complexity index is 1510. The van der Waals surface area contributed by atoms with Gasteiger partial charge in [0.1, 0.15) is 17.2 Å². The van der Waals surface area contributed by atoms with Crippen molar-refractivity contribution in [1.29, 1.82) is 0 Å². The average molecular weight is 528 g/mol. The van der Waals surface area contributed by atoms with Gasteiger partial charge in [0.15, 0.2) is 0 Å². The number of pyridine rings is 1. The van der Waals surface area contributed by atoms with Crippen LogP contribution in [0.4, 0.5) is 17.3 Å². The van der Waals surface area contributed by atoms with E-state index in [9.17, 15) is 4.79 Å². The Morgan fingerprint density at radius 2 is 1.63 bits per heavy atom. The number of rotatable bonds is 6. The van der Waals surface area contributed by atoms with E-state index in [-0.39, 0.29) is 11.6 Å². The summed E-state index contributed by atoms with van der Waals surface area (Å²) in [5, 5.41) is 6.19. The quantitative estimate of drug-likeness (QED) is 0.253. The van der Waals surface area contributed by atoms with Crippen LogP contribution in [0.2, 0.25) is 0 Å². The molecule has 0 atom stereocenters. The SMILES string of the molecule is Cc1ccc(NC(=O)c2cc(Oc3ccc4c(c3)nc(Nc3ccc(Br)cc3)n4C)ccn2)cc1. The number of anilines is 3. The van der Waals surface area contributed by atoms with E-state index >= 15 is 0 Å². The molecule has 0 fully saturated rings. The van der Waals surface area contributed by atoms with Crippen LogP contribution in [0.25, 0.3) is 11.0 Å². The van der Waals surface area contributed by atoms with Gasteiger partial charge in [0, 0.05) is 41.2 Å². The summed E-state index contributed by atoms with van der Waals surface area (Å²) < 4.78 is 9.03. The molecule has 0 aliphatic rings. The van der Waals surface area contributed by atoms with Crippen molar-refractivity contribution in [2.45, 2.75) is 6.92 Å². The van der Waals surface area contributed by atoms with Crippen LogP contribution in [0.5, 0.6) is 11.5 Å². The molecule has 1 amide bonds.